The molecule has 0 aromatic heterocycles. The van der Waals surface area contributed by atoms with Gasteiger partial charge in [-0.2, -0.15) is 0 Å². The van der Waals surface area contributed by atoms with E-state index in [1.165, 1.54) is 11.1 Å². The maximum absolute atomic E-state index is 12.6. The molecule has 1 aliphatic carbocycles. The van der Waals surface area contributed by atoms with Crippen molar-refractivity contribution in [2.45, 2.75) is 50.1 Å². The van der Waals surface area contributed by atoms with Gasteiger partial charge in [0.1, 0.15) is 0 Å². The second-order valence-corrected chi connectivity index (χ2v) is 9.89. The average molecular weight is 430 g/mol. The van der Waals surface area contributed by atoms with E-state index in [0.717, 1.165) is 43.4 Å². The number of nitrogens with one attached hydrogen (secondary N) is 2. The van der Waals surface area contributed by atoms with Gasteiger partial charge in [0, 0.05) is 26.1 Å². The van der Waals surface area contributed by atoms with E-state index in [1.807, 2.05) is 32.3 Å². The van der Waals surface area contributed by atoms with Crippen LogP contribution >= 0.6 is 0 Å². The maximum atomic E-state index is 12.6. The molecule has 0 atom stereocenters. The molecule has 3 rings (SSSR count). The van der Waals surface area contributed by atoms with Gasteiger partial charge in [-0.05, 0) is 74.2 Å². The van der Waals surface area contributed by atoms with Crippen LogP contribution in [0.4, 0.5) is 0 Å². The largest absolute Gasteiger partial charge is 0.352 e. The molecular formula is C23H31N3O3S. The number of hydrogen-bond donors (Lipinski definition) is 2. The first-order valence-corrected chi connectivity index (χ1v) is 11.9. The summed E-state index contributed by atoms with van der Waals surface area (Å²) < 4.78 is 27.7. The molecule has 0 fully saturated rings. The molecule has 0 saturated carbocycles. The van der Waals surface area contributed by atoms with E-state index in [4.69, 9.17) is 0 Å². The van der Waals surface area contributed by atoms with Gasteiger partial charge in [0.15, 0.2) is 0 Å². The fourth-order valence-corrected chi connectivity index (χ4v) is 4.83. The van der Waals surface area contributed by atoms with Crippen LogP contribution in [0.3, 0.4) is 0 Å². The smallest absolute Gasteiger partial charge is 0.240 e. The minimum Gasteiger partial charge on any atom is -0.352 e. The molecule has 30 heavy (non-hydrogen) atoms. The Morgan fingerprint density at radius 2 is 1.73 bits per heavy atom. The standard InChI is InChI=1S/C23H31N3O3S/c1-26(2)17-19-7-5-6-18(14-19)16-24-23(27)12-13-25-30(28,29)22-11-10-20-8-3-4-9-21(20)15-22/h5-7,10-11,14-15,25H,3-4,8-9,12-13,16-17H2,1-2H3,(H,24,27). The Kier molecular flexibility index (Phi) is 7.64. The van der Waals surface area contributed by atoms with Crippen LogP contribution in [-0.4, -0.2) is 39.9 Å². The SMILES string of the molecule is CN(C)Cc1cccc(CNC(=O)CCNS(=O)(=O)c2ccc3c(c2)CCCC3)c1. The lowest BCUT2D eigenvalue weighted by molar-refractivity contribution is -0.121. The lowest BCUT2D eigenvalue weighted by atomic mass is 9.92. The Bertz CT molecular complexity index is 987. The monoisotopic (exact) mass is 429 g/mol. The van der Waals surface area contributed by atoms with E-state index in [1.54, 1.807) is 12.1 Å². The highest BCUT2D eigenvalue weighted by atomic mass is 32.2. The number of benzene rings is 2. The van der Waals surface area contributed by atoms with Crippen molar-refractivity contribution in [2.75, 3.05) is 20.6 Å². The van der Waals surface area contributed by atoms with Crippen molar-refractivity contribution >= 4 is 15.9 Å². The van der Waals surface area contributed by atoms with Gasteiger partial charge in [-0.25, -0.2) is 13.1 Å². The summed E-state index contributed by atoms with van der Waals surface area (Å²) in [5, 5.41) is 2.86. The van der Waals surface area contributed by atoms with Crippen LogP contribution in [0.25, 0.3) is 0 Å². The Hall–Kier alpha value is -2.22. The Labute approximate surface area is 179 Å². The lowest BCUT2D eigenvalue weighted by Crippen LogP contribution is -2.30. The second-order valence-electron chi connectivity index (χ2n) is 8.12. The quantitative estimate of drug-likeness (QED) is 0.642. The van der Waals surface area contributed by atoms with Crippen molar-refractivity contribution in [3.8, 4) is 0 Å². The molecule has 0 aliphatic heterocycles. The highest BCUT2D eigenvalue weighted by molar-refractivity contribution is 7.89. The van der Waals surface area contributed by atoms with E-state index < -0.39 is 10.0 Å². The average Bonchev–Trinajstić information content (AvgIpc) is 2.71. The summed E-state index contributed by atoms with van der Waals surface area (Å²) in [7, 11) is 0.419. The number of carbonyl (C=O) groups is 1. The van der Waals surface area contributed by atoms with Crippen LogP contribution < -0.4 is 10.0 Å². The highest BCUT2D eigenvalue weighted by Crippen LogP contribution is 2.24. The molecule has 1 amide bonds. The van der Waals surface area contributed by atoms with Crippen LogP contribution in [-0.2, 0) is 40.7 Å². The predicted octanol–water partition coefficient (Wildman–Crippen LogP) is 2.61. The third kappa shape index (κ3) is 6.39. The van der Waals surface area contributed by atoms with E-state index in [9.17, 15) is 13.2 Å². The number of aryl methyl sites for hydroxylation is 2. The summed E-state index contributed by atoms with van der Waals surface area (Å²) in [6.07, 6.45) is 4.30. The zero-order valence-electron chi connectivity index (χ0n) is 17.8. The van der Waals surface area contributed by atoms with Crippen LogP contribution in [0.15, 0.2) is 47.4 Å². The molecule has 0 bridgehead atoms. The molecule has 6 nitrogen and oxygen atoms in total. The number of sulfonamides is 1. The van der Waals surface area contributed by atoms with Gasteiger partial charge in [-0.15, -0.1) is 0 Å². The van der Waals surface area contributed by atoms with Gasteiger partial charge in [-0.3, -0.25) is 4.79 Å². The summed E-state index contributed by atoms with van der Waals surface area (Å²) in [6, 6.07) is 13.4. The first-order valence-electron chi connectivity index (χ1n) is 10.4. The normalized spacial score (nSPS) is 13.8. The van der Waals surface area contributed by atoms with Gasteiger partial charge in [-0.1, -0.05) is 30.3 Å². The number of fused-ring (bicyclic) bond motifs is 1. The van der Waals surface area contributed by atoms with Gasteiger partial charge < -0.3 is 10.2 Å². The fraction of sp³-hybridized carbons (Fsp3) is 0.435. The molecule has 0 radical (unpaired) electrons. The van der Waals surface area contributed by atoms with Gasteiger partial charge in [0.05, 0.1) is 4.90 Å². The Morgan fingerprint density at radius 3 is 2.50 bits per heavy atom. The summed E-state index contributed by atoms with van der Waals surface area (Å²) in [6.45, 7) is 1.34. The molecule has 2 aromatic rings. The molecule has 0 spiro atoms. The van der Waals surface area contributed by atoms with Crippen molar-refractivity contribution in [1.29, 1.82) is 0 Å². The zero-order chi connectivity index (χ0) is 21.6. The number of amides is 1. The van der Waals surface area contributed by atoms with Crippen LogP contribution in [0.1, 0.15) is 41.5 Å². The molecule has 1 aliphatic rings. The van der Waals surface area contributed by atoms with Gasteiger partial charge in [0.25, 0.3) is 0 Å². The summed E-state index contributed by atoms with van der Waals surface area (Å²) in [4.78, 5) is 14.5. The van der Waals surface area contributed by atoms with Crippen molar-refractivity contribution in [3.05, 3.63) is 64.7 Å². The molecule has 0 heterocycles. The molecule has 7 heteroatoms. The minimum atomic E-state index is -3.61. The lowest BCUT2D eigenvalue weighted by Gasteiger charge is -2.16. The summed E-state index contributed by atoms with van der Waals surface area (Å²) >= 11 is 0. The Morgan fingerprint density at radius 1 is 1.00 bits per heavy atom. The highest BCUT2D eigenvalue weighted by Gasteiger charge is 2.17. The minimum absolute atomic E-state index is 0.0753. The van der Waals surface area contributed by atoms with Crippen LogP contribution in [0, 0.1) is 0 Å². The molecule has 0 saturated heterocycles. The van der Waals surface area contributed by atoms with E-state index in [2.05, 4.69) is 27.1 Å². The van der Waals surface area contributed by atoms with E-state index >= 15 is 0 Å². The number of nitrogens with zero attached hydrogens (tertiary/aromatic N) is 1. The van der Waals surface area contributed by atoms with Crippen LogP contribution in [0.5, 0.6) is 0 Å². The zero-order valence-corrected chi connectivity index (χ0v) is 18.6. The maximum Gasteiger partial charge on any atom is 0.240 e. The van der Waals surface area contributed by atoms with E-state index in [-0.39, 0.29) is 23.8 Å². The number of hydrogen-bond acceptors (Lipinski definition) is 4. The fourth-order valence-electron chi connectivity index (χ4n) is 3.75. The summed E-state index contributed by atoms with van der Waals surface area (Å²) in [5.74, 6) is -0.179. The first-order chi connectivity index (χ1) is 14.3. The van der Waals surface area contributed by atoms with Crippen molar-refractivity contribution < 1.29 is 13.2 Å². The van der Waals surface area contributed by atoms with Crippen molar-refractivity contribution in [1.82, 2.24) is 14.9 Å². The third-order valence-electron chi connectivity index (χ3n) is 5.25. The molecule has 162 valence electrons. The van der Waals surface area contributed by atoms with E-state index in [0.29, 0.717) is 6.54 Å². The third-order valence-corrected chi connectivity index (χ3v) is 6.71. The molecular weight excluding hydrogens is 398 g/mol. The second kappa shape index (κ2) is 10.2. The Balaban J connectivity index is 1.47. The predicted molar refractivity (Wildman–Crippen MR) is 119 cm³/mol. The van der Waals surface area contributed by atoms with Gasteiger partial charge in [0.2, 0.25) is 15.9 Å². The number of carbonyl (C=O) groups excluding carboxylic acids is 1. The molecule has 2 aromatic carbocycles. The van der Waals surface area contributed by atoms with Gasteiger partial charge >= 0.3 is 0 Å². The topological polar surface area (TPSA) is 78.5 Å². The van der Waals surface area contributed by atoms with Crippen molar-refractivity contribution in [3.63, 3.8) is 0 Å². The molecule has 2 N–H and O–H groups in total. The molecule has 0 unspecified atom stereocenters. The number of rotatable bonds is 9. The van der Waals surface area contributed by atoms with Crippen molar-refractivity contribution in [2.24, 2.45) is 0 Å². The van der Waals surface area contributed by atoms with Crippen LogP contribution in [0.2, 0.25) is 0 Å². The summed E-state index contributed by atoms with van der Waals surface area (Å²) in [5.41, 5.74) is 4.58. The first kappa shape index (κ1) is 22.5.